The maximum Gasteiger partial charge on any atom is 0.274 e. The van der Waals surface area contributed by atoms with Crippen molar-refractivity contribution in [3.05, 3.63) is 22.1 Å². The van der Waals surface area contributed by atoms with Crippen LogP contribution in [0.4, 0.5) is 0 Å². The summed E-state index contributed by atoms with van der Waals surface area (Å²) in [5.74, 6) is 0. The zero-order chi connectivity index (χ0) is 6.85. The number of H-pyrrole nitrogens is 1. The molecule has 0 aliphatic heterocycles. The van der Waals surface area contributed by atoms with Crippen LogP contribution in [0.15, 0.2) is 11.0 Å². The van der Waals surface area contributed by atoms with Gasteiger partial charge in [-0.3, -0.25) is 19.4 Å². The van der Waals surface area contributed by atoms with Crippen LogP contribution >= 0.6 is 0 Å². The molecular formula is C5H6N2O2. The van der Waals surface area contributed by atoms with Crippen LogP contribution < -0.4 is 5.56 Å². The topological polar surface area (TPSA) is 54.9 Å². The number of rotatable bonds is 1. The molecule has 0 fully saturated rings. The number of aromatic amines is 1. The monoisotopic (exact) mass is 126 g/mol. The van der Waals surface area contributed by atoms with Gasteiger partial charge in [-0.25, -0.2) is 0 Å². The Balaban J connectivity index is 3.32. The number of carbonyl (C=O) groups is 1. The molecule has 0 bridgehead atoms. The van der Waals surface area contributed by atoms with E-state index in [1.54, 1.807) is 7.05 Å². The van der Waals surface area contributed by atoms with Gasteiger partial charge in [0.15, 0.2) is 6.29 Å². The largest absolute Gasteiger partial charge is 0.298 e. The van der Waals surface area contributed by atoms with Crippen molar-refractivity contribution in [1.82, 2.24) is 9.78 Å². The van der Waals surface area contributed by atoms with Crippen molar-refractivity contribution >= 4 is 6.29 Å². The summed E-state index contributed by atoms with van der Waals surface area (Å²) < 4.78 is 1.44. The molecule has 0 saturated carbocycles. The van der Waals surface area contributed by atoms with Crippen molar-refractivity contribution in [3.63, 3.8) is 0 Å². The highest BCUT2D eigenvalue weighted by Crippen LogP contribution is 1.80. The van der Waals surface area contributed by atoms with Crippen molar-refractivity contribution < 1.29 is 4.79 Å². The molecule has 1 aromatic rings. The molecule has 0 spiro atoms. The normalized spacial score (nSPS) is 9.44. The van der Waals surface area contributed by atoms with E-state index in [4.69, 9.17) is 0 Å². The minimum Gasteiger partial charge on any atom is -0.298 e. The van der Waals surface area contributed by atoms with Crippen molar-refractivity contribution in [1.29, 1.82) is 0 Å². The Morgan fingerprint density at radius 1 is 1.78 bits per heavy atom. The van der Waals surface area contributed by atoms with Gasteiger partial charge in [0.2, 0.25) is 0 Å². The van der Waals surface area contributed by atoms with Crippen LogP contribution in [-0.4, -0.2) is 16.1 Å². The molecule has 4 nitrogen and oxygen atoms in total. The highest BCUT2D eigenvalue weighted by molar-refractivity contribution is 5.73. The summed E-state index contributed by atoms with van der Waals surface area (Å²) in [4.78, 5) is 20.6. The minimum atomic E-state index is -0.340. The lowest BCUT2D eigenvalue weighted by Gasteiger charge is -1.80. The molecule has 9 heavy (non-hydrogen) atoms. The number of aryl methyl sites for hydroxylation is 1. The number of hydrogen-bond acceptors (Lipinski definition) is 2. The van der Waals surface area contributed by atoms with Gasteiger partial charge < -0.3 is 0 Å². The molecule has 1 aromatic heterocycles. The molecule has 0 radical (unpaired) electrons. The van der Waals surface area contributed by atoms with E-state index >= 15 is 0 Å². The van der Waals surface area contributed by atoms with Gasteiger partial charge in [-0.2, -0.15) is 0 Å². The van der Waals surface area contributed by atoms with E-state index in [1.807, 2.05) is 0 Å². The third kappa shape index (κ3) is 0.910. The molecule has 1 rings (SSSR count). The molecule has 0 aliphatic carbocycles. The molecule has 4 heteroatoms. The van der Waals surface area contributed by atoms with E-state index in [0.29, 0.717) is 6.29 Å². The van der Waals surface area contributed by atoms with E-state index < -0.39 is 0 Å². The fourth-order valence-corrected chi connectivity index (χ4v) is 0.608. The van der Waals surface area contributed by atoms with Gasteiger partial charge in [0.25, 0.3) is 5.56 Å². The van der Waals surface area contributed by atoms with Gasteiger partial charge in [-0.15, -0.1) is 0 Å². The molecule has 0 amide bonds. The average molecular weight is 126 g/mol. The molecule has 0 aromatic carbocycles. The second kappa shape index (κ2) is 1.89. The smallest absolute Gasteiger partial charge is 0.274 e. The first-order valence-electron chi connectivity index (χ1n) is 2.45. The Kier molecular flexibility index (Phi) is 1.22. The first kappa shape index (κ1) is 5.81. The van der Waals surface area contributed by atoms with Crippen LogP contribution in [0.3, 0.4) is 0 Å². The van der Waals surface area contributed by atoms with Crippen molar-refractivity contribution in [2.45, 2.75) is 0 Å². The van der Waals surface area contributed by atoms with Crippen molar-refractivity contribution in [3.8, 4) is 0 Å². The van der Waals surface area contributed by atoms with E-state index in [0.717, 1.165) is 0 Å². The quantitative estimate of drug-likeness (QED) is 0.517. The summed E-state index contributed by atoms with van der Waals surface area (Å²) in [5.41, 5.74) is -0.176. The predicted molar refractivity (Wildman–Crippen MR) is 31.4 cm³/mol. The summed E-state index contributed by atoms with van der Waals surface area (Å²) in [5, 5.41) is 2.39. The molecule has 0 atom stereocenters. The lowest BCUT2D eigenvalue weighted by atomic mass is 10.4. The van der Waals surface area contributed by atoms with Crippen LogP contribution in [0.1, 0.15) is 10.4 Å². The van der Waals surface area contributed by atoms with Gasteiger partial charge in [-0.1, -0.05) is 0 Å². The molecule has 0 saturated heterocycles. The van der Waals surface area contributed by atoms with Crippen LogP contribution in [0.2, 0.25) is 0 Å². The van der Waals surface area contributed by atoms with Gasteiger partial charge in [0.05, 0.1) is 5.56 Å². The minimum absolute atomic E-state index is 0.164. The van der Waals surface area contributed by atoms with Gasteiger partial charge in [0.1, 0.15) is 0 Å². The predicted octanol–water partition coefficient (Wildman–Crippen LogP) is -0.474. The number of aromatic nitrogens is 2. The third-order valence-electron chi connectivity index (χ3n) is 1.000. The number of nitrogens with zero attached hydrogens (tertiary/aromatic N) is 1. The SMILES string of the molecule is Cn1cc(C=O)c(=O)[nH]1. The summed E-state index contributed by atoms with van der Waals surface area (Å²) in [6, 6.07) is 0. The Bertz CT molecular complexity index is 271. The summed E-state index contributed by atoms with van der Waals surface area (Å²) in [6.07, 6.45) is 1.97. The lowest BCUT2D eigenvalue weighted by Crippen LogP contribution is -2.05. The first-order chi connectivity index (χ1) is 4.24. The Hall–Kier alpha value is -1.32. The highest BCUT2D eigenvalue weighted by atomic mass is 16.1. The third-order valence-corrected chi connectivity index (χ3v) is 1.000. The van der Waals surface area contributed by atoms with E-state index in [2.05, 4.69) is 5.10 Å². The van der Waals surface area contributed by atoms with Gasteiger partial charge in [-0.05, 0) is 0 Å². The zero-order valence-corrected chi connectivity index (χ0v) is 4.92. The van der Waals surface area contributed by atoms with Crippen LogP contribution in [0.5, 0.6) is 0 Å². The maximum atomic E-state index is 10.6. The summed E-state index contributed by atoms with van der Waals surface area (Å²) in [6.45, 7) is 0. The first-order valence-corrected chi connectivity index (χ1v) is 2.45. The number of aldehydes is 1. The van der Waals surface area contributed by atoms with Gasteiger partial charge >= 0.3 is 0 Å². The zero-order valence-electron chi connectivity index (χ0n) is 4.92. The van der Waals surface area contributed by atoms with Crippen LogP contribution in [0, 0.1) is 0 Å². The van der Waals surface area contributed by atoms with E-state index in [1.165, 1.54) is 10.9 Å². The Morgan fingerprint density at radius 3 is 2.67 bits per heavy atom. The molecule has 48 valence electrons. The second-order valence-electron chi connectivity index (χ2n) is 1.75. The molecule has 1 heterocycles. The van der Waals surface area contributed by atoms with Crippen LogP contribution in [0.25, 0.3) is 0 Å². The van der Waals surface area contributed by atoms with Crippen LogP contribution in [-0.2, 0) is 7.05 Å². The number of hydrogen-bond donors (Lipinski definition) is 1. The lowest BCUT2D eigenvalue weighted by molar-refractivity contribution is 0.112. The Morgan fingerprint density at radius 2 is 2.44 bits per heavy atom. The van der Waals surface area contributed by atoms with Crippen molar-refractivity contribution in [2.75, 3.05) is 0 Å². The fraction of sp³-hybridized carbons (Fsp3) is 0.200. The summed E-state index contributed by atoms with van der Waals surface area (Å²) in [7, 11) is 1.65. The van der Waals surface area contributed by atoms with E-state index in [9.17, 15) is 9.59 Å². The number of nitrogens with one attached hydrogen (secondary N) is 1. The molecular weight excluding hydrogens is 120 g/mol. The van der Waals surface area contributed by atoms with Gasteiger partial charge in [0, 0.05) is 13.2 Å². The maximum absolute atomic E-state index is 10.6. The fourth-order valence-electron chi connectivity index (χ4n) is 0.608. The Labute approximate surface area is 51.1 Å². The average Bonchev–Trinajstić information content (AvgIpc) is 2.10. The molecule has 0 aliphatic rings. The van der Waals surface area contributed by atoms with Crippen molar-refractivity contribution in [2.24, 2.45) is 7.05 Å². The summed E-state index contributed by atoms with van der Waals surface area (Å²) >= 11 is 0. The molecule has 1 N–H and O–H groups in total. The molecule has 0 unspecified atom stereocenters. The number of carbonyl (C=O) groups excluding carboxylic acids is 1. The second-order valence-corrected chi connectivity index (χ2v) is 1.75. The standard InChI is InChI=1S/C5H6N2O2/c1-7-2-4(3-8)5(9)6-7/h2-3H,1H3,(H,6,9). The highest BCUT2D eigenvalue weighted by Gasteiger charge is 1.96. The van der Waals surface area contributed by atoms with E-state index in [-0.39, 0.29) is 11.1 Å².